The Hall–Kier alpha value is -7.63. The Labute approximate surface area is 321 Å². The normalized spacial score (nSPS) is 11.9. The van der Waals surface area contributed by atoms with Gasteiger partial charge in [-0.05, 0) is 81.9 Å². The number of benzene rings is 8. The predicted molar refractivity (Wildman–Crippen MR) is 232 cm³/mol. The maximum absolute atomic E-state index is 5.39. The summed E-state index contributed by atoms with van der Waals surface area (Å²) in [4.78, 5) is 15.3. The van der Waals surface area contributed by atoms with Gasteiger partial charge < -0.3 is 4.57 Å². The van der Waals surface area contributed by atoms with Crippen LogP contribution in [0.5, 0.6) is 0 Å². The van der Waals surface area contributed by atoms with Crippen LogP contribution < -0.4 is 0 Å². The smallest absolute Gasteiger partial charge is 0.237 e. The van der Waals surface area contributed by atoms with Crippen LogP contribution in [0, 0.1) is 0 Å². The number of para-hydroxylation sites is 3. The van der Waals surface area contributed by atoms with Gasteiger partial charge in [0.05, 0.1) is 27.8 Å². The van der Waals surface area contributed by atoms with Crippen molar-refractivity contribution >= 4 is 76.2 Å². The highest BCUT2D eigenvalue weighted by Gasteiger charge is 2.21. The van der Waals surface area contributed by atoms with Crippen LogP contribution in [0.25, 0.3) is 110 Å². The number of pyridine rings is 1. The number of aromatic nitrogens is 5. The Morgan fingerprint density at radius 2 is 1.02 bits per heavy atom. The second kappa shape index (κ2) is 11.9. The molecule has 4 aromatic heterocycles. The van der Waals surface area contributed by atoms with Crippen LogP contribution >= 0.6 is 0 Å². The van der Waals surface area contributed by atoms with E-state index in [1.807, 2.05) is 12.3 Å². The van der Waals surface area contributed by atoms with Crippen LogP contribution in [0.2, 0.25) is 0 Å². The Bertz CT molecular complexity index is 3540. The van der Waals surface area contributed by atoms with Crippen LogP contribution in [-0.4, -0.2) is 24.1 Å². The van der Waals surface area contributed by atoms with E-state index in [1.54, 1.807) is 0 Å². The third-order valence-corrected chi connectivity index (χ3v) is 11.4. The summed E-state index contributed by atoms with van der Waals surface area (Å²) in [6.07, 6.45) is 1.81. The molecule has 0 radical (unpaired) electrons. The standard InChI is InChI=1S/C51H31N5/c1-2-16-34(17-3-1)55-45-25-10-9-21-38(45)44-31-42(36-19-6-7-22-40(36)49(44)55)33-27-28-47-43(30-33)37-20-8-11-26-46(37)56(47)51-53-48(41-24-13-29-52-50(41)54-51)39-23-12-15-32-14-4-5-18-35(32)39/h1-31H. The molecule has 5 nitrogen and oxygen atoms in total. The number of hydrogen-bond donors (Lipinski definition) is 0. The van der Waals surface area contributed by atoms with Gasteiger partial charge in [-0.15, -0.1) is 0 Å². The molecule has 0 aliphatic heterocycles. The van der Waals surface area contributed by atoms with Crippen molar-refractivity contribution in [3.8, 4) is 34.0 Å². The second-order valence-electron chi connectivity index (χ2n) is 14.4. The molecule has 5 heteroatoms. The zero-order chi connectivity index (χ0) is 36.7. The molecule has 0 aliphatic rings. The quantitative estimate of drug-likeness (QED) is 0.182. The predicted octanol–water partition coefficient (Wildman–Crippen LogP) is 12.9. The van der Waals surface area contributed by atoms with Crippen molar-refractivity contribution in [2.75, 3.05) is 0 Å². The lowest BCUT2D eigenvalue weighted by Crippen LogP contribution is -2.04. The van der Waals surface area contributed by atoms with Crippen LogP contribution in [0.4, 0.5) is 0 Å². The fourth-order valence-corrected chi connectivity index (χ4v) is 8.95. The van der Waals surface area contributed by atoms with E-state index in [9.17, 15) is 0 Å². The molecule has 8 aromatic carbocycles. The molecule has 0 atom stereocenters. The van der Waals surface area contributed by atoms with E-state index in [1.165, 1.54) is 43.5 Å². The van der Waals surface area contributed by atoms with E-state index in [0.717, 1.165) is 55.1 Å². The van der Waals surface area contributed by atoms with E-state index in [-0.39, 0.29) is 0 Å². The molecule has 260 valence electrons. The van der Waals surface area contributed by atoms with E-state index in [0.29, 0.717) is 11.6 Å². The van der Waals surface area contributed by atoms with Gasteiger partial charge in [0.15, 0.2) is 5.65 Å². The van der Waals surface area contributed by atoms with Crippen LogP contribution in [0.15, 0.2) is 188 Å². The minimum absolute atomic E-state index is 0.596. The Morgan fingerprint density at radius 3 is 1.86 bits per heavy atom. The Kier molecular flexibility index (Phi) is 6.56. The summed E-state index contributed by atoms with van der Waals surface area (Å²) in [5.74, 6) is 0.596. The van der Waals surface area contributed by atoms with Crippen molar-refractivity contribution < 1.29 is 0 Å². The lowest BCUT2D eigenvalue weighted by molar-refractivity contribution is 1.01. The lowest BCUT2D eigenvalue weighted by Gasteiger charge is -2.14. The summed E-state index contributed by atoms with van der Waals surface area (Å²) in [6, 6.07) is 65.0. The molecular weight excluding hydrogens is 683 g/mol. The third-order valence-electron chi connectivity index (χ3n) is 11.4. The van der Waals surface area contributed by atoms with Crippen molar-refractivity contribution in [3.63, 3.8) is 0 Å². The van der Waals surface area contributed by atoms with Gasteiger partial charge in [-0.25, -0.2) is 9.97 Å². The van der Waals surface area contributed by atoms with Gasteiger partial charge in [0.25, 0.3) is 0 Å². The first-order valence-corrected chi connectivity index (χ1v) is 19.0. The molecule has 0 fully saturated rings. The summed E-state index contributed by atoms with van der Waals surface area (Å²) in [6.45, 7) is 0. The van der Waals surface area contributed by atoms with Gasteiger partial charge in [0, 0.05) is 49.8 Å². The monoisotopic (exact) mass is 713 g/mol. The fourth-order valence-electron chi connectivity index (χ4n) is 8.95. The summed E-state index contributed by atoms with van der Waals surface area (Å²) < 4.78 is 4.62. The van der Waals surface area contributed by atoms with Crippen molar-refractivity contribution in [1.82, 2.24) is 24.1 Å². The van der Waals surface area contributed by atoms with E-state index in [2.05, 4.69) is 185 Å². The highest BCUT2D eigenvalue weighted by molar-refractivity contribution is 6.22. The van der Waals surface area contributed by atoms with Crippen LogP contribution in [0.3, 0.4) is 0 Å². The SMILES string of the molecule is c1ccc(-n2c3ccccc3c3cc(-c4ccc5c(c4)c4ccccc4n5-c4nc(-c5cccc6ccccc56)c5cccnc5n4)c4ccccc4c32)cc1. The lowest BCUT2D eigenvalue weighted by atomic mass is 9.94. The number of rotatable bonds is 4. The van der Waals surface area contributed by atoms with Gasteiger partial charge in [-0.1, -0.05) is 127 Å². The minimum Gasteiger partial charge on any atom is -0.309 e. The highest BCUT2D eigenvalue weighted by Crippen LogP contribution is 2.43. The summed E-state index contributed by atoms with van der Waals surface area (Å²) in [5, 5.41) is 10.4. The highest BCUT2D eigenvalue weighted by atomic mass is 15.2. The molecule has 0 unspecified atom stereocenters. The van der Waals surface area contributed by atoms with Gasteiger partial charge in [-0.3, -0.25) is 4.57 Å². The Balaban J connectivity index is 1.12. The molecule has 0 saturated carbocycles. The second-order valence-corrected chi connectivity index (χ2v) is 14.4. The molecule has 56 heavy (non-hydrogen) atoms. The van der Waals surface area contributed by atoms with Crippen molar-refractivity contribution in [3.05, 3.63) is 188 Å². The van der Waals surface area contributed by atoms with Gasteiger partial charge in [0.1, 0.15) is 0 Å². The third kappa shape index (κ3) is 4.46. The molecule has 12 rings (SSSR count). The summed E-state index contributed by atoms with van der Waals surface area (Å²) in [7, 11) is 0. The first-order chi connectivity index (χ1) is 27.8. The van der Waals surface area contributed by atoms with E-state index < -0.39 is 0 Å². The largest absolute Gasteiger partial charge is 0.309 e. The molecule has 0 spiro atoms. The maximum Gasteiger partial charge on any atom is 0.237 e. The molecule has 0 bridgehead atoms. The van der Waals surface area contributed by atoms with Gasteiger partial charge in [-0.2, -0.15) is 4.98 Å². The molecule has 0 saturated heterocycles. The maximum atomic E-state index is 5.39. The minimum atomic E-state index is 0.596. The van der Waals surface area contributed by atoms with Crippen LogP contribution in [0.1, 0.15) is 0 Å². The van der Waals surface area contributed by atoms with Crippen LogP contribution in [-0.2, 0) is 0 Å². The molecule has 0 N–H and O–H groups in total. The first kappa shape index (κ1) is 30.8. The summed E-state index contributed by atoms with van der Waals surface area (Å²) >= 11 is 0. The number of nitrogens with zero attached hydrogens (tertiary/aromatic N) is 5. The molecule has 0 aliphatic carbocycles. The molecule has 4 heterocycles. The van der Waals surface area contributed by atoms with Crippen molar-refractivity contribution in [1.29, 1.82) is 0 Å². The van der Waals surface area contributed by atoms with Gasteiger partial charge >= 0.3 is 0 Å². The molecular formula is C51H31N5. The van der Waals surface area contributed by atoms with Crippen molar-refractivity contribution in [2.24, 2.45) is 0 Å². The fraction of sp³-hybridized carbons (Fsp3) is 0. The number of fused-ring (bicyclic) bond motifs is 10. The Morgan fingerprint density at radius 1 is 0.375 bits per heavy atom. The first-order valence-electron chi connectivity index (χ1n) is 19.0. The number of hydrogen-bond acceptors (Lipinski definition) is 3. The topological polar surface area (TPSA) is 48.5 Å². The average molecular weight is 714 g/mol. The van der Waals surface area contributed by atoms with Crippen molar-refractivity contribution in [2.45, 2.75) is 0 Å². The van der Waals surface area contributed by atoms with Gasteiger partial charge in [0.2, 0.25) is 5.95 Å². The zero-order valence-corrected chi connectivity index (χ0v) is 30.1. The molecule has 0 amide bonds. The average Bonchev–Trinajstić information content (AvgIpc) is 3.78. The van der Waals surface area contributed by atoms with E-state index >= 15 is 0 Å². The van der Waals surface area contributed by atoms with E-state index in [4.69, 9.17) is 15.0 Å². The summed E-state index contributed by atoms with van der Waals surface area (Å²) in [5.41, 5.74) is 10.6. The zero-order valence-electron chi connectivity index (χ0n) is 30.1. The molecule has 12 aromatic rings.